The summed E-state index contributed by atoms with van der Waals surface area (Å²) in [5.74, 6) is -0.0171. The van der Waals surface area contributed by atoms with Gasteiger partial charge in [-0.25, -0.2) is 0 Å². The number of amides is 1. The molecule has 0 radical (unpaired) electrons. The molecule has 0 saturated carbocycles. The van der Waals surface area contributed by atoms with E-state index in [0.29, 0.717) is 17.7 Å². The summed E-state index contributed by atoms with van der Waals surface area (Å²) < 4.78 is 0. The topological polar surface area (TPSA) is 69.6 Å². The normalized spacial score (nSPS) is 12.2. The summed E-state index contributed by atoms with van der Waals surface area (Å²) in [7, 11) is 0. The highest BCUT2D eigenvalue weighted by molar-refractivity contribution is 5.75. The molecule has 4 nitrogen and oxygen atoms in total. The van der Waals surface area contributed by atoms with Crippen molar-refractivity contribution in [1.82, 2.24) is 0 Å². The minimum absolute atomic E-state index is 0.0171. The van der Waals surface area contributed by atoms with Crippen molar-refractivity contribution < 1.29 is 15.0 Å². The molecule has 3 N–H and O–H groups in total. The van der Waals surface area contributed by atoms with Crippen molar-refractivity contribution in [3.63, 3.8) is 0 Å². The Morgan fingerprint density at radius 1 is 1.54 bits per heavy atom. The molecule has 0 saturated heterocycles. The van der Waals surface area contributed by atoms with Crippen LogP contribution in [0.2, 0.25) is 0 Å². The van der Waals surface area contributed by atoms with Crippen LogP contribution in [0, 0.1) is 0 Å². The molecule has 0 aromatic heterocycles. The smallest absolute Gasteiger partial charge is 0.211 e. The van der Waals surface area contributed by atoms with Gasteiger partial charge in [-0.3, -0.25) is 4.79 Å². The molecule has 0 bridgehead atoms. The van der Waals surface area contributed by atoms with Gasteiger partial charge in [-0.2, -0.15) is 0 Å². The number of carbonyl (C=O) groups is 1. The highest BCUT2D eigenvalue weighted by Gasteiger charge is 2.05. The third-order valence-electron chi connectivity index (χ3n) is 1.72. The molecular weight excluding hydrogens is 170 g/mol. The molecule has 1 amide bonds. The van der Waals surface area contributed by atoms with Gasteiger partial charge in [0.15, 0.2) is 0 Å². The van der Waals surface area contributed by atoms with Crippen LogP contribution in [0.15, 0.2) is 18.2 Å². The maximum atomic E-state index is 10.1. The molecule has 0 aliphatic carbocycles. The third kappa shape index (κ3) is 2.19. The second kappa shape index (κ2) is 3.91. The molecule has 13 heavy (non-hydrogen) atoms. The molecule has 0 aliphatic rings. The number of phenolic OH excluding ortho intramolecular Hbond substituents is 1. The fourth-order valence-corrected chi connectivity index (χ4v) is 0.993. The number of hydrogen-bond acceptors (Lipinski definition) is 3. The van der Waals surface area contributed by atoms with E-state index in [0.717, 1.165) is 0 Å². The van der Waals surface area contributed by atoms with E-state index in [1.165, 1.54) is 12.1 Å². The van der Waals surface area contributed by atoms with E-state index in [-0.39, 0.29) is 5.75 Å². The first kappa shape index (κ1) is 9.54. The van der Waals surface area contributed by atoms with E-state index in [1.807, 2.05) is 0 Å². The summed E-state index contributed by atoms with van der Waals surface area (Å²) in [4.78, 5) is 10.1. The third-order valence-corrected chi connectivity index (χ3v) is 1.72. The second-order valence-corrected chi connectivity index (χ2v) is 2.71. The van der Waals surface area contributed by atoms with Gasteiger partial charge in [0.1, 0.15) is 5.75 Å². The molecule has 0 aliphatic heterocycles. The fourth-order valence-electron chi connectivity index (χ4n) is 0.993. The zero-order valence-corrected chi connectivity index (χ0v) is 7.19. The highest BCUT2D eigenvalue weighted by Crippen LogP contribution is 2.26. The molecule has 0 unspecified atom stereocenters. The van der Waals surface area contributed by atoms with Gasteiger partial charge >= 0.3 is 0 Å². The van der Waals surface area contributed by atoms with Gasteiger partial charge in [0, 0.05) is 0 Å². The van der Waals surface area contributed by atoms with Crippen LogP contribution in [0.4, 0.5) is 5.69 Å². The number of benzene rings is 1. The molecule has 1 aromatic rings. The average molecular weight is 181 g/mol. The van der Waals surface area contributed by atoms with E-state index in [1.54, 1.807) is 13.0 Å². The number of anilines is 1. The lowest BCUT2D eigenvalue weighted by atomic mass is 10.1. The van der Waals surface area contributed by atoms with Crippen LogP contribution in [0.5, 0.6) is 5.75 Å². The van der Waals surface area contributed by atoms with E-state index in [2.05, 4.69) is 5.32 Å². The van der Waals surface area contributed by atoms with E-state index in [9.17, 15) is 15.0 Å². The van der Waals surface area contributed by atoms with Crippen molar-refractivity contribution in [2.45, 2.75) is 13.0 Å². The first-order valence-electron chi connectivity index (χ1n) is 3.86. The van der Waals surface area contributed by atoms with E-state index in [4.69, 9.17) is 0 Å². The summed E-state index contributed by atoms with van der Waals surface area (Å²) in [6.45, 7) is 1.61. The molecular formula is C9H11NO3. The van der Waals surface area contributed by atoms with Crippen LogP contribution in [0.25, 0.3) is 0 Å². The maximum absolute atomic E-state index is 10.1. The average Bonchev–Trinajstić information content (AvgIpc) is 2.08. The molecule has 1 aromatic carbocycles. The summed E-state index contributed by atoms with van der Waals surface area (Å²) in [6, 6.07) is 4.54. The van der Waals surface area contributed by atoms with Crippen LogP contribution >= 0.6 is 0 Å². The van der Waals surface area contributed by atoms with Crippen molar-refractivity contribution >= 4 is 12.1 Å². The molecule has 1 rings (SSSR count). The molecule has 4 heteroatoms. The van der Waals surface area contributed by atoms with Gasteiger partial charge in [0.25, 0.3) is 0 Å². The standard InChI is InChI=1S/C9H11NO3/c1-6(12)7-2-3-9(13)8(4-7)10-5-11/h2-6,12-13H,1H3,(H,10,11)/t6-/m0/s1. The summed E-state index contributed by atoms with van der Waals surface area (Å²) >= 11 is 0. The van der Waals surface area contributed by atoms with E-state index < -0.39 is 6.10 Å². The zero-order valence-electron chi connectivity index (χ0n) is 7.19. The van der Waals surface area contributed by atoms with Crippen molar-refractivity contribution in [1.29, 1.82) is 0 Å². The Morgan fingerprint density at radius 3 is 2.77 bits per heavy atom. The molecule has 0 heterocycles. The summed E-state index contributed by atoms with van der Waals surface area (Å²) in [5, 5.41) is 20.8. The number of hydrogen-bond donors (Lipinski definition) is 3. The predicted molar refractivity (Wildman–Crippen MR) is 48.4 cm³/mol. The number of aliphatic hydroxyl groups is 1. The maximum Gasteiger partial charge on any atom is 0.211 e. The minimum atomic E-state index is -0.618. The van der Waals surface area contributed by atoms with Crippen molar-refractivity contribution in [3.8, 4) is 5.75 Å². The van der Waals surface area contributed by atoms with Gasteiger partial charge < -0.3 is 15.5 Å². The summed E-state index contributed by atoms with van der Waals surface area (Å²) in [5.41, 5.74) is 0.940. The van der Waals surface area contributed by atoms with Crippen molar-refractivity contribution in [2.24, 2.45) is 0 Å². The molecule has 0 spiro atoms. The first-order valence-corrected chi connectivity index (χ1v) is 3.86. The quantitative estimate of drug-likeness (QED) is 0.481. The monoisotopic (exact) mass is 181 g/mol. The lowest BCUT2D eigenvalue weighted by Crippen LogP contribution is -1.97. The summed E-state index contributed by atoms with van der Waals surface area (Å²) in [6.07, 6.45) is -0.145. The van der Waals surface area contributed by atoms with Crippen molar-refractivity contribution in [3.05, 3.63) is 23.8 Å². The van der Waals surface area contributed by atoms with Crippen molar-refractivity contribution in [2.75, 3.05) is 5.32 Å². The second-order valence-electron chi connectivity index (χ2n) is 2.71. The SMILES string of the molecule is C[C@H](O)c1ccc(O)c(NC=O)c1. The lowest BCUT2D eigenvalue weighted by Gasteiger charge is -2.08. The van der Waals surface area contributed by atoms with Gasteiger partial charge in [0.05, 0.1) is 11.8 Å². The number of carbonyl (C=O) groups excluding carboxylic acids is 1. The Bertz CT molecular complexity index is 310. The lowest BCUT2D eigenvalue weighted by molar-refractivity contribution is -0.105. The van der Waals surface area contributed by atoms with Crippen LogP contribution in [0.3, 0.4) is 0 Å². The fraction of sp³-hybridized carbons (Fsp3) is 0.222. The first-order chi connectivity index (χ1) is 6.15. The number of phenols is 1. The van der Waals surface area contributed by atoms with Gasteiger partial charge in [-0.05, 0) is 24.6 Å². The van der Waals surface area contributed by atoms with Crippen LogP contribution in [-0.2, 0) is 4.79 Å². The van der Waals surface area contributed by atoms with E-state index >= 15 is 0 Å². The van der Waals surface area contributed by atoms with Gasteiger partial charge in [-0.1, -0.05) is 6.07 Å². The molecule has 1 atom stereocenters. The number of aliphatic hydroxyl groups excluding tert-OH is 1. The van der Waals surface area contributed by atoms with Crippen LogP contribution in [0.1, 0.15) is 18.6 Å². The minimum Gasteiger partial charge on any atom is -0.506 e. The number of rotatable bonds is 3. The Kier molecular flexibility index (Phi) is 2.87. The number of nitrogens with one attached hydrogen (secondary N) is 1. The number of aromatic hydroxyl groups is 1. The highest BCUT2D eigenvalue weighted by atomic mass is 16.3. The zero-order chi connectivity index (χ0) is 9.84. The van der Waals surface area contributed by atoms with Gasteiger partial charge in [-0.15, -0.1) is 0 Å². The predicted octanol–water partition coefficient (Wildman–Crippen LogP) is 1.01. The Hall–Kier alpha value is -1.55. The van der Waals surface area contributed by atoms with Crippen LogP contribution in [-0.4, -0.2) is 16.6 Å². The Morgan fingerprint density at radius 2 is 2.23 bits per heavy atom. The largest absolute Gasteiger partial charge is 0.506 e. The molecule has 0 fully saturated rings. The Balaban J connectivity index is 3.03. The Labute approximate surface area is 75.8 Å². The van der Waals surface area contributed by atoms with Gasteiger partial charge in [0.2, 0.25) is 6.41 Å². The van der Waals surface area contributed by atoms with Crippen LogP contribution < -0.4 is 5.32 Å². The molecule has 70 valence electrons.